The van der Waals surface area contributed by atoms with Gasteiger partial charge in [-0.25, -0.2) is 4.98 Å². The Balaban J connectivity index is 1.85. The summed E-state index contributed by atoms with van der Waals surface area (Å²) in [5.41, 5.74) is 8.14. The van der Waals surface area contributed by atoms with Crippen LogP contribution >= 0.6 is 0 Å². The van der Waals surface area contributed by atoms with Crippen LogP contribution in [0.5, 0.6) is 5.75 Å². The molecular formula is C16H16N4O. The minimum Gasteiger partial charge on any atom is -0.497 e. The van der Waals surface area contributed by atoms with E-state index >= 15 is 0 Å². The zero-order valence-electron chi connectivity index (χ0n) is 11.7. The predicted molar refractivity (Wildman–Crippen MR) is 80.8 cm³/mol. The van der Waals surface area contributed by atoms with E-state index in [1.54, 1.807) is 7.11 Å². The lowest BCUT2D eigenvalue weighted by molar-refractivity contribution is 0.414. The van der Waals surface area contributed by atoms with Crippen molar-refractivity contribution < 1.29 is 4.74 Å². The minimum absolute atomic E-state index is 0.346. The molecule has 5 nitrogen and oxygen atoms in total. The third kappa shape index (κ3) is 2.78. The first-order valence-corrected chi connectivity index (χ1v) is 6.65. The maximum Gasteiger partial charge on any atom is 0.181 e. The number of methoxy groups -OCH3 is 1. The second-order valence-electron chi connectivity index (χ2n) is 4.66. The van der Waals surface area contributed by atoms with Crippen molar-refractivity contribution in [1.82, 2.24) is 15.2 Å². The van der Waals surface area contributed by atoms with Crippen LogP contribution in [0.1, 0.15) is 17.4 Å². The van der Waals surface area contributed by atoms with Gasteiger partial charge in [-0.1, -0.05) is 42.5 Å². The van der Waals surface area contributed by atoms with Crippen molar-refractivity contribution in [2.24, 2.45) is 5.73 Å². The van der Waals surface area contributed by atoms with E-state index in [1.165, 1.54) is 0 Å². The lowest BCUT2D eigenvalue weighted by atomic mass is 10.1. The molecule has 5 heteroatoms. The number of hydrogen-bond acceptors (Lipinski definition) is 4. The van der Waals surface area contributed by atoms with Crippen LogP contribution in [-0.4, -0.2) is 22.3 Å². The topological polar surface area (TPSA) is 76.8 Å². The summed E-state index contributed by atoms with van der Waals surface area (Å²) in [6.45, 7) is 0. The number of hydrogen-bond donors (Lipinski definition) is 2. The summed E-state index contributed by atoms with van der Waals surface area (Å²) in [5.74, 6) is 2.09. The monoisotopic (exact) mass is 280 g/mol. The minimum atomic E-state index is -0.346. The highest BCUT2D eigenvalue weighted by Gasteiger charge is 2.14. The number of nitrogens with two attached hydrogens (primary N) is 1. The van der Waals surface area contributed by atoms with Crippen molar-refractivity contribution in [3.8, 4) is 17.1 Å². The van der Waals surface area contributed by atoms with Gasteiger partial charge in [0.25, 0.3) is 0 Å². The van der Waals surface area contributed by atoms with Crippen LogP contribution in [0.25, 0.3) is 11.4 Å². The lowest BCUT2D eigenvalue weighted by Gasteiger charge is -2.09. The molecule has 3 N–H and O–H groups in total. The van der Waals surface area contributed by atoms with E-state index in [4.69, 9.17) is 10.5 Å². The number of H-pyrrole nitrogens is 1. The number of nitrogens with one attached hydrogen (secondary N) is 1. The molecule has 2 aromatic carbocycles. The summed E-state index contributed by atoms with van der Waals surface area (Å²) in [5, 5.41) is 7.14. The molecule has 1 atom stereocenters. The molecule has 21 heavy (non-hydrogen) atoms. The number of aromatic amines is 1. The normalized spacial score (nSPS) is 12.1. The van der Waals surface area contributed by atoms with Gasteiger partial charge in [-0.2, -0.15) is 5.10 Å². The number of nitrogens with zero attached hydrogens (tertiary/aromatic N) is 2. The SMILES string of the molecule is COc1ccc([C@H](N)c2nc(-c3ccccc3)n[nH]2)cc1. The average molecular weight is 280 g/mol. The first-order chi connectivity index (χ1) is 10.3. The van der Waals surface area contributed by atoms with Gasteiger partial charge in [0.05, 0.1) is 13.2 Å². The molecule has 0 aliphatic rings. The highest BCUT2D eigenvalue weighted by Crippen LogP contribution is 2.21. The molecule has 0 amide bonds. The number of benzene rings is 2. The zero-order valence-corrected chi connectivity index (χ0v) is 11.7. The van der Waals surface area contributed by atoms with Gasteiger partial charge in [0.1, 0.15) is 11.6 Å². The van der Waals surface area contributed by atoms with Crippen molar-refractivity contribution in [3.63, 3.8) is 0 Å². The van der Waals surface area contributed by atoms with Crippen molar-refractivity contribution in [1.29, 1.82) is 0 Å². The Morgan fingerprint density at radius 2 is 1.76 bits per heavy atom. The molecule has 3 rings (SSSR count). The molecule has 0 spiro atoms. The van der Waals surface area contributed by atoms with E-state index in [2.05, 4.69) is 15.2 Å². The van der Waals surface area contributed by atoms with Gasteiger partial charge < -0.3 is 10.5 Å². The van der Waals surface area contributed by atoms with Crippen molar-refractivity contribution >= 4 is 0 Å². The molecule has 0 radical (unpaired) electrons. The molecule has 106 valence electrons. The summed E-state index contributed by atoms with van der Waals surface area (Å²) >= 11 is 0. The van der Waals surface area contributed by atoms with Gasteiger partial charge in [0, 0.05) is 5.56 Å². The predicted octanol–water partition coefficient (Wildman–Crippen LogP) is 2.53. The van der Waals surface area contributed by atoms with Crippen molar-refractivity contribution in [3.05, 3.63) is 66.0 Å². The maximum absolute atomic E-state index is 6.22. The van der Waals surface area contributed by atoms with Crippen LogP contribution in [0.3, 0.4) is 0 Å². The highest BCUT2D eigenvalue weighted by atomic mass is 16.5. The van der Waals surface area contributed by atoms with Gasteiger partial charge >= 0.3 is 0 Å². The molecule has 3 aromatic rings. The Labute approximate surface area is 122 Å². The molecule has 0 unspecified atom stereocenters. The van der Waals surface area contributed by atoms with E-state index in [9.17, 15) is 0 Å². The molecule has 0 fully saturated rings. The Bertz CT molecular complexity index is 707. The summed E-state index contributed by atoms with van der Waals surface area (Å²) in [4.78, 5) is 4.48. The second kappa shape index (κ2) is 5.76. The van der Waals surface area contributed by atoms with Gasteiger partial charge in [-0.3, -0.25) is 5.10 Å². The van der Waals surface area contributed by atoms with Crippen LogP contribution in [0.4, 0.5) is 0 Å². The third-order valence-corrected chi connectivity index (χ3v) is 3.30. The molecule has 0 saturated carbocycles. The van der Waals surface area contributed by atoms with E-state index in [1.807, 2.05) is 54.6 Å². The highest BCUT2D eigenvalue weighted by molar-refractivity contribution is 5.54. The van der Waals surface area contributed by atoms with Crippen LogP contribution < -0.4 is 10.5 Å². The first kappa shape index (κ1) is 13.3. The van der Waals surface area contributed by atoms with Crippen LogP contribution in [0.2, 0.25) is 0 Å². The molecule has 0 aliphatic heterocycles. The number of rotatable bonds is 4. The van der Waals surface area contributed by atoms with E-state index in [0.29, 0.717) is 11.6 Å². The second-order valence-corrected chi connectivity index (χ2v) is 4.66. The van der Waals surface area contributed by atoms with Crippen molar-refractivity contribution in [2.45, 2.75) is 6.04 Å². The molecule has 1 heterocycles. The fourth-order valence-electron chi connectivity index (χ4n) is 2.10. The summed E-state index contributed by atoms with van der Waals surface area (Å²) < 4.78 is 5.14. The summed E-state index contributed by atoms with van der Waals surface area (Å²) in [7, 11) is 1.64. The van der Waals surface area contributed by atoms with Gasteiger partial charge in [0.15, 0.2) is 5.82 Å². The standard InChI is InChI=1S/C16H16N4O/c1-21-13-9-7-11(8-10-13)14(17)16-18-15(19-20-16)12-5-3-2-4-6-12/h2-10,14H,17H2,1H3,(H,18,19,20)/t14-/m0/s1. The zero-order chi connectivity index (χ0) is 14.7. The van der Waals surface area contributed by atoms with Gasteiger partial charge in [-0.15, -0.1) is 0 Å². The summed E-state index contributed by atoms with van der Waals surface area (Å²) in [6, 6.07) is 17.1. The maximum atomic E-state index is 6.22. The molecule has 0 saturated heterocycles. The molecule has 0 aliphatic carbocycles. The Kier molecular flexibility index (Phi) is 3.66. The lowest BCUT2D eigenvalue weighted by Crippen LogP contribution is -2.13. The smallest absolute Gasteiger partial charge is 0.181 e. The third-order valence-electron chi connectivity index (χ3n) is 3.30. The molecule has 1 aromatic heterocycles. The fourth-order valence-corrected chi connectivity index (χ4v) is 2.10. The Morgan fingerprint density at radius 3 is 2.43 bits per heavy atom. The largest absolute Gasteiger partial charge is 0.497 e. The quantitative estimate of drug-likeness (QED) is 0.770. The Morgan fingerprint density at radius 1 is 1.05 bits per heavy atom. The van der Waals surface area contributed by atoms with Gasteiger partial charge in [0.2, 0.25) is 0 Å². The average Bonchev–Trinajstić information content (AvgIpc) is 3.05. The summed E-state index contributed by atoms with van der Waals surface area (Å²) in [6.07, 6.45) is 0. The molecular weight excluding hydrogens is 264 g/mol. The molecule has 0 bridgehead atoms. The number of aromatic nitrogens is 3. The fraction of sp³-hybridized carbons (Fsp3) is 0.125. The van der Waals surface area contributed by atoms with E-state index in [0.717, 1.165) is 16.9 Å². The van der Waals surface area contributed by atoms with E-state index < -0.39 is 0 Å². The number of ether oxygens (including phenoxy) is 1. The van der Waals surface area contributed by atoms with Crippen LogP contribution in [0.15, 0.2) is 54.6 Å². The first-order valence-electron chi connectivity index (χ1n) is 6.65. The van der Waals surface area contributed by atoms with Crippen molar-refractivity contribution in [2.75, 3.05) is 7.11 Å². The Hall–Kier alpha value is -2.66. The van der Waals surface area contributed by atoms with Gasteiger partial charge in [-0.05, 0) is 17.7 Å². The van der Waals surface area contributed by atoms with Crippen LogP contribution in [0, 0.1) is 0 Å². The van der Waals surface area contributed by atoms with Crippen LogP contribution in [-0.2, 0) is 0 Å². The van der Waals surface area contributed by atoms with E-state index in [-0.39, 0.29) is 6.04 Å².